The number of benzene rings is 1. The predicted molar refractivity (Wildman–Crippen MR) is 88.2 cm³/mol. The smallest absolute Gasteiger partial charge is 0.251 e. The van der Waals surface area contributed by atoms with E-state index >= 15 is 0 Å². The maximum absolute atomic E-state index is 12.9. The number of carbonyl (C=O) groups is 1. The standard InChI is InChI=1S/C15H21ClN2O4S/c1-4-17-15(19)12-5-6-13(16)14(7-12)23(20,21)18-8-10(2)22-11(3)9-18/h5-7,10-11H,4,8-9H2,1-3H3,(H,17,19). The van der Waals surface area contributed by atoms with Crippen molar-refractivity contribution in [3.63, 3.8) is 0 Å². The predicted octanol–water partition coefficient (Wildman–Crippen LogP) is 1.89. The first-order valence-corrected chi connectivity index (χ1v) is 9.30. The number of amides is 1. The summed E-state index contributed by atoms with van der Waals surface area (Å²) in [5.41, 5.74) is 0.268. The minimum atomic E-state index is -3.79. The lowest BCUT2D eigenvalue weighted by molar-refractivity contribution is -0.0440. The van der Waals surface area contributed by atoms with Crippen LogP contribution in [0.4, 0.5) is 0 Å². The largest absolute Gasteiger partial charge is 0.373 e. The van der Waals surface area contributed by atoms with Gasteiger partial charge in [-0.3, -0.25) is 4.79 Å². The Labute approximate surface area is 141 Å². The van der Waals surface area contributed by atoms with E-state index in [9.17, 15) is 13.2 Å². The zero-order chi connectivity index (χ0) is 17.2. The number of rotatable bonds is 4. The maximum atomic E-state index is 12.9. The number of ether oxygens (including phenoxy) is 1. The fraction of sp³-hybridized carbons (Fsp3) is 0.533. The minimum absolute atomic E-state index is 0.0516. The van der Waals surface area contributed by atoms with Crippen molar-refractivity contribution in [3.05, 3.63) is 28.8 Å². The number of nitrogens with one attached hydrogen (secondary N) is 1. The van der Waals surface area contributed by atoms with Crippen LogP contribution < -0.4 is 5.32 Å². The average molecular weight is 361 g/mol. The summed E-state index contributed by atoms with van der Waals surface area (Å²) in [4.78, 5) is 11.9. The molecule has 1 aliphatic rings. The van der Waals surface area contributed by atoms with E-state index in [4.69, 9.17) is 16.3 Å². The molecule has 1 aromatic rings. The molecule has 0 spiro atoms. The number of morpholine rings is 1. The summed E-state index contributed by atoms with van der Waals surface area (Å²) < 4.78 is 32.7. The van der Waals surface area contributed by atoms with E-state index in [0.717, 1.165) is 0 Å². The van der Waals surface area contributed by atoms with Crippen molar-refractivity contribution in [1.29, 1.82) is 0 Å². The fourth-order valence-corrected chi connectivity index (χ4v) is 4.66. The molecular weight excluding hydrogens is 340 g/mol. The average Bonchev–Trinajstić information content (AvgIpc) is 2.46. The lowest BCUT2D eigenvalue weighted by Gasteiger charge is -2.34. The summed E-state index contributed by atoms with van der Waals surface area (Å²) in [6.45, 7) is 6.42. The van der Waals surface area contributed by atoms with Crippen molar-refractivity contribution in [3.8, 4) is 0 Å². The molecule has 1 N–H and O–H groups in total. The van der Waals surface area contributed by atoms with Gasteiger partial charge in [0.05, 0.1) is 17.2 Å². The molecule has 1 saturated heterocycles. The molecule has 0 aliphatic carbocycles. The number of hydrogen-bond donors (Lipinski definition) is 1. The third-order valence-corrected chi connectivity index (χ3v) is 5.85. The van der Waals surface area contributed by atoms with Crippen LogP contribution in [0.25, 0.3) is 0 Å². The minimum Gasteiger partial charge on any atom is -0.373 e. The summed E-state index contributed by atoms with van der Waals surface area (Å²) in [5, 5.41) is 2.74. The van der Waals surface area contributed by atoms with Gasteiger partial charge in [-0.05, 0) is 39.0 Å². The number of halogens is 1. The summed E-state index contributed by atoms with van der Waals surface area (Å²) in [5.74, 6) is -0.329. The molecule has 0 bridgehead atoms. The lowest BCUT2D eigenvalue weighted by Crippen LogP contribution is -2.48. The van der Waals surface area contributed by atoms with Crippen LogP contribution in [0.1, 0.15) is 31.1 Å². The molecule has 2 atom stereocenters. The van der Waals surface area contributed by atoms with Gasteiger partial charge in [0.2, 0.25) is 10.0 Å². The van der Waals surface area contributed by atoms with E-state index < -0.39 is 10.0 Å². The molecule has 1 fully saturated rings. The second-order valence-corrected chi connectivity index (χ2v) is 7.90. The van der Waals surface area contributed by atoms with Gasteiger partial charge in [0.1, 0.15) is 4.90 Å². The normalized spacial score (nSPS) is 22.8. The topological polar surface area (TPSA) is 75.7 Å². The molecule has 23 heavy (non-hydrogen) atoms. The van der Waals surface area contributed by atoms with Gasteiger partial charge in [0.15, 0.2) is 0 Å². The van der Waals surface area contributed by atoms with E-state index in [1.165, 1.54) is 22.5 Å². The molecule has 0 aromatic heterocycles. The summed E-state index contributed by atoms with van der Waals surface area (Å²) in [6, 6.07) is 4.27. The highest BCUT2D eigenvalue weighted by Gasteiger charge is 2.33. The molecule has 2 unspecified atom stereocenters. The first-order chi connectivity index (χ1) is 10.8. The first-order valence-electron chi connectivity index (χ1n) is 7.49. The molecule has 2 rings (SSSR count). The Morgan fingerprint density at radius 3 is 2.52 bits per heavy atom. The van der Waals surface area contributed by atoms with Crippen molar-refractivity contribution < 1.29 is 17.9 Å². The van der Waals surface area contributed by atoms with Crippen molar-refractivity contribution in [2.75, 3.05) is 19.6 Å². The van der Waals surface area contributed by atoms with E-state index in [1.807, 2.05) is 13.8 Å². The van der Waals surface area contributed by atoms with Gasteiger partial charge in [0, 0.05) is 25.2 Å². The van der Waals surface area contributed by atoms with E-state index in [2.05, 4.69) is 5.32 Å². The Morgan fingerprint density at radius 1 is 1.35 bits per heavy atom. The molecule has 1 heterocycles. The molecule has 6 nitrogen and oxygen atoms in total. The Hall–Kier alpha value is -1.15. The van der Waals surface area contributed by atoms with Crippen molar-refractivity contribution in [1.82, 2.24) is 9.62 Å². The molecular formula is C15H21ClN2O4S. The molecule has 0 radical (unpaired) electrons. The Morgan fingerprint density at radius 2 is 1.96 bits per heavy atom. The maximum Gasteiger partial charge on any atom is 0.251 e. The van der Waals surface area contributed by atoms with Gasteiger partial charge >= 0.3 is 0 Å². The zero-order valence-electron chi connectivity index (χ0n) is 13.4. The van der Waals surface area contributed by atoms with Crippen molar-refractivity contribution >= 4 is 27.5 Å². The highest BCUT2D eigenvalue weighted by atomic mass is 35.5. The van der Waals surface area contributed by atoms with E-state index in [-0.39, 0.29) is 46.7 Å². The van der Waals surface area contributed by atoms with Gasteiger partial charge in [-0.1, -0.05) is 11.6 Å². The summed E-state index contributed by atoms with van der Waals surface area (Å²) in [6.07, 6.45) is -0.391. The summed E-state index contributed by atoms with van der Waals surface area (Å²) in [7, 11) is -3.79. The van der Waals surface area contributed by atoms with Crippen LogP contribution in [-0.2, 0) is 14.8 Å². The first kappa shape index (κ1) is 18.2. The molecule has 1 aromatic carbocycles. The number of hydrogen-bond acceptors (Lipinski definition) is 4. The highest BCUT2D eigenvalue weighted by molar-refractivity contribution is 7.89. The lowest BCUT2D eigenvalue weighted by atomic mass is 10.2. The van der Waals surface area contributed by atoms with Crippen LogP contribution in [0.3, 0.4) is 0 Å². The monoisotopic (exact) mass is 360 g/mol. The van der Waals surface area contributed by atoms with Gasteiger partial charge in [-0.2, -0.15) is 4.31 Å². The Balaban J connectivity index is 2.39. The number of sulfonamides is 1. The fourth-order valence-electron chi connectivity index (χ4n) is 2.57. The van der Waals surface area contributed by atoms with Crippen LogP contribution in [0.15, 0.2) is 23.1 Å². The van der Waals surface area contributed by atoms with E-state index in [1.54, 1.807) is 6.92 Å². The molecule has 1 amide bonds. The van der Waals surface area contributed by atoms with Gasteiger partial charge in [-0.25, -0.2) is 8.42 Å². The molecule has 8 heteroatoms. The van der Waals surface area contributed by atoms with Crippen LogP contribution in [0.5, 0.6) is 0 Å². The Kier molecular flexibility index (Phi) is 5.67. The van der Waals surface area contributed by atoms with Gasteiger partial charge in [-0.15, -0.1) is 0 Å². The van der Waals surface area contributed by atoms with Gasteiger partial charge in [0.25, 0.3) is 5.91 Å². The highest BCUT2D eigenvalue weighted by Crippen LogP contribution is 2.28. The number of carbonyl (C=O) groups excluding carboxylic acids is 1. The third kappa shape index (κ3) is 4.03. The number of nitrogens with zero attached hydrogens (tertiary/aromatic N) is 1. The SMILES string of the molecule is CCNC(=O)c1ccc(Cl)c(S(=O)(=O)N2CC(C)OC(C)C2)c1. The van der Waals surface area contributed by atoms with Crippen LogP contribution in [0.2, 0.25) is 5.02 Å². The van der Waals surface area contributed by atoms with Crippen LogP contribution >= 0.6 is 11.6 Å². The van der Waals surface area contributed by atoms with Crippen LogP contribution in [-0.4, -0.2) is 50.5 Å². The van der Waals surface area contributed by atoms with Crippen LogP contribution in [0, 0.1) is 0 Å². The zero-order valence-corrected chi connectivity index (χ0v) is 14.9. The van der Waals surface area contributed by atoms with Crippen molar-refractivity contribution in [2.45, 2.75) is 37.9 Å². The summed E-state index contributed by atoms with van der Waals surface area (Å²) >= 11 is 6.09. The quantitative estimate of drug-likeness (QED) is 0.889. The molecule has 1 aliphatic heterocycles. The molecule has 0 saturated carbocycles. The second-order valence-electron chi connectivity index (χ2n) is 5.58. The second kappa shape index (κ2) is 7.17. The Bertz CT molecular complexity index is 683. The van der Waals surface area contributed by atoms with E-state index in [0.29, 0.717) is 6.54 Å². The molecule has 128 valence electrons. The van der Waals surface area contributed by atoms with Crippen molar-refractivity contribution in [2.24, 2.45) is 0 Å². The third-order valence-electron chi connectivity index (χ3n) is 3.53. The van der Waals surface area contributed by atoms with Gasteiger partial charge < -0.3 is 10.1 Å².